The van der Waals surface area contributed by atoms with E-state index in [1.807, 2.05) is 18.2 Å². The van der Waals surface area contributed by atoms with E-state index in [1.54, 1.807) is 12.3 Å². The van der Waals surface area contributed by atoms with Crippen LogP contribution >= 0.6 is 0 Å². The highest BCUT2D eigenvalue weighted by molar-refractivity contribution is 6.02. The topological polar surface area (TPSA) is 34.5 Å². The summed E-state index contributed by atoms with van der Waals surface area (Å²) in [6, 6.07) is 12.0. The molecule has 0 amide bonds. The van der Waals surface area contributed by atoms with Gasteiger partial charge in [-0.3, -0.25) is 4.99 Å². The van der Waals surface area contributed by atoms with Crippen LogP contribution in [0, 0.1) is 17.5 Å². The molecule has 6 heteroatoms. The molecule has 0 bridgehead atoms. The van der Waals surface area contributed by atoms with E-state index >= 15 is 4.39 Å². The molecule has 1 atom stereocenters. The summed E-state index contributed by atoms with van der Waals surface area (Å²) in [7, 11) is 0. The maximum absolute atomic E-state index is 15.0. The fourth-order valence-corrected chi connectivity index (χ4v) is 4.84. The predicted molar refractivity (Wildman–Crippen MR) is 122 cm³/mol. The highest BCUT2D eigenvalue weighted by Crippen LogP contribution is 2.36. The van der Waals surface area contributed by atoms with Crippen LogP contribution in [0.15, 0.2) is 59.7 Å². The molecule has 5 rings (SSSR count). The van der Waals surface area contributed by atoms with Crippen LogP contribution in [0.3, 0.4) is 0 Å². The zero-order valence-electron chi connectivity index (χ0n) is 18.5. The van der Waals surface area contributed by atoms with Gasteiger partial charge in [0.1, 0.15) is 23.1 Å². The SMILES string of the molecule is CC1(Oc2ccc(-c3ccc([C@H]4CCC(c5c(F)cccc5F)=N4)c(F)c3)cn2)CCCC1. The Balaban J connectivity index is 1.34. The van der Waals surface area contributed by atoms with E-state index in [4.69, 9.17) is 4.74 Å². The van der Waals surface area contributed by atoms with E-state index in [0.717, 1.165) is 18.4 Å². The molecule has 1 aliphatic heterocycles. The molecule has 0 saturated heterocycles. The van der Waals surface area contributed by atoms with Crippen LogP contribution in [-0.2, 0) is 0 Å². The molecule has 1 aliphatic carbocycles. The summed E-state index contributed by atoms with van der Waals surface area (Å²) in [5.41, 5.74) is 1.98. The number of ether oxygens (including phenoxy) is 1. The smallest absolute Gasteiger partial charge is 0.213 e. The van der Waals surface area contributed by atoms with E-state index in [-0.39, 0.29) is 11.2 Å². The van der Waals surface area contributed by atoms with Crippen molar-refractivity contribution in [2.45, 2.75) is 57.1 Å². The van der Waals surface area contributed by atoms with Crippen molar-refractivity contribution in [2.75, 3.05) is 0 Å². The van der Waals surface area contributed by atoms with E-state index < -0.39 is 23.5 Å². The molecule has 33 heavy (non-hydrogen) atoms. The van der Waals surface area contributed by atoms with Gasteiger partial charge in [-0.25, -0.2) is 18.2 Å². The number of hydrogen-bond donors (Lipinski definition) is 0. The van der Waals surface area contributed by atoms with Gasteiger partial charge in [-0.1, -0.05) is 18.2 Å². The first-order valence-electron chi connectivity index (χ1n) is 11.4. The minimum absolute atomic E-state index is 0.114. The lowest BCUT2D eigenvalue weighted by atomic mass is 9.99. The number of benzene rings is 2. The van der Waals surface area contributed by atoms with E-state index in [2.05, 4.69) is 16.9 Å². The van der Waals surface area contributed by atoms with Crippen LogP contribution in [0.4, 0.5) is 13.2 Å². The number of nitrogens with zero attached hydrogens (tertiary/aromatic N) is 2. The summed E-state index contributed by atoms with van der Waals surface area (Å²) in [5.74, 6) is -1.11. The van der Waals surface area contributed by atoms with Crippen molar-refractivity contribution in [3.05, 3.63) is 83.3 Å². The van der Waals surface area contributed by atoms with Crippen molar-refractivity contribution in [3.63, 3.8) is 0 Å². The third kappa shape index (κ3) is 4.39. The molecule has 0 radical (unpaired) electrons. The number of aromatic nitrogens is 1. The molecule has 3 aromatic rings. The maximum Gasteiger partial charge on any atom is 0.213 e. The van der Waals surface area contributed by atoms with Crippen molar-refractivity contribution in [1.82, 2.24) is 4.98 Å². The van der Waals surface area contributed by atoms with Crippen molar-refractivity contribution in [1.29, 1.82) is 0 Å². The largest absolute Gasteiger partial charge is 0.471 e. The van der Waals surface area contributed by atoms with E-state index in [9.17, 15) is 8.78 Å². The van der Waals surface area contributed by atoms with Gasteiger partial charge in [-0.05, 0) is 75.3 Å². The van der Waals surface area contributed by atoms with Gasteiger partial charge >= 0.3 is 0 Å². The van der Waals surface area contributed by atoms with Gasteiger partial charge in [0.15, 0.2) is 0 Å². The zero-order chi connectivity index (χ0) is 23.0. The highest BCUT2D eigenvalue weighted by Gasteiger charge is 2.31. The van der Waals surface area contributed by atoms with Crippen LogP contribution < -0.4 is 4.74 Å². The van der Waals surface area contributed by atoms with Crippen molar-refractivity contribution in [3.8, 4) is 17.0 Å². The summed E-state index contributed by atoms with van der Waals surface area (Å²) in [4.78, 5) is 8.86. The minimum Gasteiger partial charge on any atom is -0.471 e. The van der Waals surface area contributed by atoms with E-state index in [0.29, 0.717) is 35.6 Å². The number of aliphatic imine (C=N–C) groups is 1. The Labute approximate surface area is 191 Å². The second-order valence-corrected chi connectivity index (χ2v) is 9.11. The van der Waals surface area contributed by atoms with Crippen LogP contribution in [0.1, 0.15) is 62.6 Å². The Morgan fingerprint density at radius 3 is 2.30 bits per heavy atom. The Morgan fingerprint density at radius 2 is 1.64 bits per heavy atom. The minimum atomic E-state index is -0.646. The molecule has 0 spiro atoms. The average molecular weight is 451 g/mol. The lowest BCUT2D eigenvalue weighted by Gasteiger charge is -2.24. The van der Waals surface area contributed by atoms with Crippen LogP contribution in [-0.4, -0.2) is 16.3 Å². The fraction of sp³-hybridized carbons (Fsp3) is 0.333. The first kappa shape index (κ1) is 21.7. The molecule has 1 saturated carbocycles. The van der Waals surface area contributed by atoms with Gasteiger partial charge in [0, 0.05) is 29.1 Å². The van der Waals surface area contributed by atoms with Crippen molar-refractivity contribution < 1.29 is 17.9 Å². The van der Waals surface area contributed by atoms with Crippen LogP contribution in [0.5, 0.6) is 5.88 Å². The van der Waals surface area contributed by atoms with Gasteiger partial charge in [0.2, 0.25) is 5.88 Å². The lowest BCUT2D eigenvalue weighted by Crippen LogP contribution is -2.28. The van der Waals surface area contributed by atoms with Crippen molar-refractivity contribution >= 4 is 5.71 Å². The zero-order valence-corrected chi connectivity index (χ0v) is 18.5. The summed E-state index contributed by atoms with van der Waals surface area (Å²) < 4.78 is 49.3. The third-order valence-electron chi connectivity index (χ3n) is 6.66. The fourth-order valence-electron chi connectivity index (χ4n) is 4.84. The standard InChI is InChI=1S/C27H25F3N2O/c1-27(13-2-3-14-27)33-25-12-8-18(16-31-25)17-7-9-19(22(30)15-17)23-10-11-24(32-23)26-20(28)5-4-6-21(26)29/h4-9,12,15-16,23H,2-3,10-11,13-14H2,1H3/t23-/m1/s1. The average Bonchev–Trinajstić information content (AvgIpc) is 3.44. The molecule has 1 aromatic heterocycles. The Kier molecular flexibility index (Phi) is 5.69. The number of halogens is 3. The Morgan fingerprint density at radius 1 is 0.909 bits per heavy atom. The highest BCUT2D eigenvalue weighted by atomic mass is 19.1. The second-order valence-electron chi connectivity index (χ2n) is 9.11. The first-order chi connectivity index (χ1) is 15.9. The summed E-state index contributed by atoms with van der Waals surface area (Å²) in [6.07, 6.45) is 6.98. The molecule has 2 heterocycles. The second kappa shape index (κ2) is 8.65. The molecule has 3 nitrogen and oxygen atoms in total. The van der Waals surface area contributed by atoms with Crippen molar-refractivity contribution in [2.24, 2.45) is 4.99 Å². The normalized spacial score (nSPS) is 19.5. The lowest BCUT2D eigenvalue weighted by molar-refractivity contribution is 0.0909. The van der Waals surface area contributed by atoms with Crippen LogP contribution in [0.25, 0.3) is 11.1 Å². The molecular weight excluding hydrogens is 425 g/mol. The van der Waals surface area contributed by atoms with E-state index in [1.165, 1.54) is 37.1 Å². The first-order valence-corrected chi connectivity index (χ1v) is 11.4. The van der Waals surface area contributed by atoms with Gasteiger partial charge in [0.05, 0.1) is 11.6 Å². The van der Waals surface area contributed by atoms with Gasteiger partial charge in [-0.15, -0.1) is 0 Å². The number of hydrogen-bond acceptors (Lipinski definition) is 3. The van der Waals surface area contributed by atoms with Gasteiger partial charge in [0.25, 0.3) is 0 Å². The molecule has 170 valence electrons. The summed E-state index contributed by atoms with van der Waals surface area (Å²) in [6.45, 7) is 2.11. The molecular formula is C27H25F3N2O. The Bertz CT molecular complexity index is 1180. The molecule has 0 N–H and O–H groups in total. The Hall–Kier alpha value is -3.15. The third-order valence-corrected chi connectivity index (χ3v) is 6.66. The predicted octanol–water partition coefficient (Wildman–Crippen LogP) is 7.20. The quantitative estimate of drug-likeness (QED) is 0.412. The number of pyridine rings is 1. The monoisotopic (exact) mass is 450 g/mol. The van der Waals surface area contributed by atoms with Crippen LogP contribution in [0.2, 0.25) is 0 Å². The molecule has 2 aliphatic rings. The number of rotatable bonds is 5. The maximum atomic E-state index is 15.0. The molecule has 2 aromatic carbocycles. The van der Waals surface area contributed by atoms with Gasteiger partial charge in [-0.2, -0.15) is 0 Å². The molecule has 1 fully saturated rings. The summed E-state index contributed by atoms with van der Waals surface area (Å²) >= 11 is 0. The van der Waals surface area contributed by atoms with Gasteiger partial charge < -0.3 is 4.74 Å². The molecule has 0 unspecified atom stereocenters. The summed E-state index contributed by atoms with van der Waals surface area (Å²) in [5, 5.41) is 0.